The molecule has 2 N–H and O–H groups in total. The van der Waals surface area contributed by atoms with E-state index in [1.165, 1.54) is 24.0 Å². The Morgan fingerprint density at radius 3 is 2.68 bits per heavy atom. The molecule has 196 valence electrons. The van der Waals surface area contributed by atoms with Gasteiger partial charge in [0, 0.05) is 18.8 Å². The van der Waals surface area contributed by atoms with E-state index in [1.54, 1.807) is 19.2 Å². The summed E-state index contributed by atoms with van der Waals surface area (Å²) in [6.45, 7) is -0.402. The molecule has 3 aromatic rings. The lowest BCUT2D eigenvalue weighted by Crippen LogP contribution is -2.30. The molecule has 0 fully saturated rings. The molecule has 37 heavy (non-hydrogen) atoms. The molecule has 15 heteroatoms. The quantitative estimate of drug-likeness (QED) is 0.324. The van der Waals surface area contributed by atoms with Crippen molar-refractivity contribution >= 4 is 72.9 Å². The number of nitrogens with zero attached hydrogens (tertiary/aromatic N) is 4. The number of anilines is 2. The SMILES string of the molecule is CNCC(=O)OCc1cccnc1N(C)C(=O)OCn1nc(C(=O)Nc2ccc(F)cc2Cl)c(Br)c1Br. The van der Waals surface area contributed by atoms with Gasteiger partial charge < -0.3 is 20.1 Å². The van der Waals surface area contributed by atoms with Crippen LogP contribution >= 0.6 is 43.5 Å². The van der Waals surface area contributed by atoms with Gasteiger partial charge in [0.15, 0.2) is 12.4 Å². The molecule has 2 heterocycles. The Hall–Kier alpha value is -3.07. The number of carbonyl (C=O) groups is 3. The Balaban J connectivity index is 1.67. The highest BCUT2D eigenvalue weighted by atomic mass is 79.9. The maximum absolute atomic E-state index is 13.3. The minimum Gasteiger partial charge on any atom is -0.460 e. The van der Waals surface area contributed by atoms with Crippen molar-refractivity contribution in [2.45, 2.75) is 13.3 Å². The minimum absolute atomic E-state index is 0.0191. The smallest absolute Gasteiger partial charge is 0.417 e. The second-order valence-electron chi connectivity index (χ2n) is 7.31. The molecule has 3 rings (SSSR count). The third-order valence-corrected chi connectivity index (χ3v) is 7.11. The van der Waals surface area contributed by atoms with E-state index in [0.29, 0.717) is 14.6 Å². The second kappa shape index (κ2) is 12.9. The minimum atomic E-state index is -0.774. The van der Waals surface area contributed by atoms with Gasteiger partial charge in [0.2, 0.25) is 0 Å². The molecule has 0 saturated heterocycles. The maximum Gasteiger partial charge on any atom is 0.417 e. The maximum atomic E-state index is 13.3. The molecule has 0 aliphatic heterocycles. The van der Waals surface area contributed by atoms with Gasteiger partial charge in [-0.15, -0.1) is 0 Å². The number of esters is 1. The van der Waals surface area contributed by atoms with Crippen LogP contribution in [-0.2, 0) is 27.6 Å². The van der Waals surface area contributed by atoms with E-state index in [-0.39, 0.29) is 42.1 Å². The molecule has 0 radical (unpaired) electrons. The number of nitrogens with one attached hydrogen (secondary N) is 2. The highest BCUT2D eigenvalue weighted by Crippen LogP contribution is 2.29. The third-order valence-electron chi connectivity index (χ3n) is 4.71. The zero-order chi connectivity index (χ0) is 27.1. The summed E-state index contributed by atoms with van der Waals surface area (Å²) in [6, 6.07) is 6.85. The van der Waals surface area contributed by atoms with Crippen LogP contribution in [0.4, 0.5) is 20.7 Å². The lowest BCUT2D eigenvalue weighted by atomic mass is 10.2. The predicted octanol–water partition coefficient (Wildman–Crippen LogP) is 4.34. The van der Waals surface area contributed by atoms with Gasteiger partial charge >= 0.3 is 12.1 Å². The Morgan fingerprint density at radius 2 is 1.97 bits per heavy atom. The fourth-order valence-corrected chi connectivity index (χ4v) is 3.97. The Morgan fingerprint density at radius 1 is 1.22 bits per heavy atom. The molecule has 0 bridgehead atoms. The first-order valence-corrected chi connectivity index (χ1v) is 12.4. The van der Waals surface area contributed by atoms with E-state index in [4.69, 9.17) is 21.1 Å². The van der Waals surface area contributed by atoms with Crippen LogP contribution in [0, 0.1) is 5.82 Å². The molecular formula is C22H20Br2ClFN6O5. The summed E-state index contributed by atoms with van der Waals surface area (Å²) in [4.78, 5) is 42.4. The van der Waals surface area contributed by atoms with Crippen LogP contribution in [0.25, 0.3) is 0 Å². The molecule has 0 spiro atoms. The number of carbonyl (C=O) groups excluding carboxylic acids is 3. The van der Waals surface area contributed by atoms with Crippen LogP contribution < -0.4 is 15.5 Å². The van der Waals surface area contributed by atoms with E-state index in [1.807, 2.05) is 0 Å². The largest absolute Gasteiger partial charge is 0.460 e. The van der Waals surface area contributed by atoms with Crippen LogP contribution in [-0.4, -0.2) is 53.4 Å². The summed E-state index contributed by atoms with van der Waals surface area (Å²) < 4.78 is 25.6. The number of ether oxygens (including phenoxy) is 2. The molecule has 11 nitrogen and oxygen atoms in total. The fraction of sp³-hybridized carbons (Fsp3) is 0.227. The highest BCUT2D eigenvalue weighted by Gasteiger charge is 2.23. The van der Waals surface area contributed by atoms with Gasteiger partial charge in [-0.2, -0.15) is 5.10 Å². The topological polar surface area (TPSA) is 128 Å². The van der Waals surface area contributed by atoms with Gasteiger partial charge in [0.1, 0.15) is 22.8 Å². The summed E-state index contributed by atoms with van der Waals surface area (Å²) in [7, 11) is 3.07. The monoisotopic (exact) mass is 660 g/mol. The average Bonchev–Trinajstić information content (AvgIpc) is 3.16. The number of hydrogen-bond acceptors (Lipinski definition) is 8. The lowest BCUT2D eigenvalue weighted by molar-refractivity contribution is -0.143. The van der Waals surface area contributed by atoms with E-state index in [9.17, 15) is 18.8 Å². The number of aromatic nitrogens is 3. The molecule has 0 saturated carbocycles. The zero-order valence-electron chi connectivity index (χ0n) is 19.4. The predicted molar refractivity (Wildman–Crippen MR) is 140 cm³/mol. The van der Waals surface area contributed by atoms with Crippen LogP contribution in [0.3, 0.4) is 0 Å². The van der Waals surface area contributed by atoms with E-state index < -0.39 is 23.8 Å². The van der Waals surface area contributed by atoms with Gasteiger partial charge in [-0.1, -0.05) is 17.7 Å². The first-order valence-electron chi connectivity index (χ1n) is 10.4. The van der Waals surface area contributed by atoms with E-state index in [2.05, 4.69) is 52.6 Å². The Kier molecular flexibility index (Phi) is 9.97. The summed E-state index contributed by atoms with van der Waals surface area (Å²) in [5.41, 5.74) is 0.654. The van der Waals surface area contributed by atoms with Crippen molar-refractivity contribution < 1.29 is 28.2 Å². The standard InChI is InChI=1S/C22H20Br2ClFN6O5/c1-27-9-16(33)36-10-12-4-3-7-28-20(12)31(2)22(35)37-11-32-19(24)17(23)18(30-32)21(34)29-15-6-5-13(26)8-14(15)25/h3-8,27H,9-11H2,1-2H3,(H,29,34). The van der Waals surface area contributed by atoms with Crippen molar-refractivity contribution in [3.8, 4) is 0 Å². The van der Waals surface area contributed by atoms with Crippen molar-refractivity contribution in [1.82, 2.24) is 20.1 Å². The molecule has 2 aromatic heterocycles. The van der Waals surface area contributed by atoms with Crippen molar-refractivity contribution in [3.05, 3.63) is 67.7 Å². The molecule has 0 aliphatic rings. The third kappa shape index (κ3) is 7.25. The molecule has 0 atom stereocenters. The summed E-state index contributed by atoms with van der Waals surface area (Å²) >= 11 is 12.5. The molecule has 0 aliphatic carbocycles. The normalized spacial score (nSPS) is 10.6. The van der Waals surface area contributed by atoms with Crippen molar-refractivity contribution in [2.24, 2.45) is 0 Å². The molecule has 0 unspecified atom stereocenters. The van der Waals surface area contributed by atoms with Crippen LogP contribution in [0.1, 0.15) is 16.1 Å². The second-order valence-corrected chi connectivity index (χ2v) is 9.26. The van der Waals surface area contributed by atoms with E-state index >= 15 is 0 Å². The summed E-state index contributed by atoms with van der Waals surface area (Å²) in [6.07, 6.45) is 0.710. The number of amides is 2. The number of hydrogen-bond donors (Lipinski definition) is 2. The van der Waals surface area contributed by atoms with Gasteiger partial charge in [-0.05, 0) is 63.2 Å². The van der Waals surface area contributed by atoms with Crippen LogP contribution in [0.5, 0.6) is 0 Å². The van der Waals surface area contributed by atoms with Gasteiger partial charge in [0.05, 0.1) is 21.7 Å². The van der Waals surface area contributed by atoms with Crippen molar-refractivity contribution in [2.75, 3.05) is 30.9 Å². The average molecular weight is 663 g/mol. The highest BCUT2D eigenvalue weighted by molar-refractivity contribution is 9.13. The van der Waals surface area contributed by atoms with Crippen LogP contribution in [0.2, 0.25) is 5.02 Å². The lowest BCUT2D eigenvalue weighted by Gasteiger charge is -2.19. The molecule has 2 amide bonds. The first kappa shape index (κ1) is 28.5. The van der Waals surface area contributed by atoms with Gasteiger partial charge in [-0.25, -0.2) is 18.9 Å². The molecular weight excluding hydrogens is 643 g/mol. The van der Waals surface area contributed by atoms with Crippen molar-refractivity contribution in [3.63, 3.8) is 0 Å². The van der Waals surface area contributed by atoms with Crippen LogP contribution in [0.15, 0.2) is 45.6 Å². The number of likely N-dealkylation sites (N-methyl/N-ethyl adjacent to an activating group) is 1. The Bertz CT molecular complexity index is 1320. The summed E-state index contributed by atoms with van der Waals surface area (Å²) in [5, 5.41) is 9.41. The van der Waals surface area contributed by atoms with Gasteiger partial charge in [-0.3, -0.25) is 14.5 Å². The van der Waals surface area contributed by atoms with Crippen molar-refractivity contribution in [1.29, 1.82) is 0 Å². The fourth-order valence-electron chi connectivity index (χ4n) is 2.92. The Labute approximate surface area is 232 Å². The zero-order valence-corrected chi connectivity index (χ0v) is 23.4. The number of pyridine rings is 1. The first-order chi connectivity index (χ1) is 17.6. The number of halogens is 4. The van der Waals surface area contributed by atoms with Gasteiger partial charge in [0.25, 0.3) is 5.91 Å². The number of rotatable bonds is 9. The number of benzene rings is 1. The molecule has 1 aromatic carbocycles. The van der Waals surface area contributed by atoms with E-state index in [0.717, 1.165) is 17.0 Å². The summed E-state index contributed by atoms with van der Waals surface area (Å²) in [5.74, 6) is -1.40.